The van der Waals surface area contributed by atoms with Crippen LogP contribution in [0.4, 0.5) is 8.78 Å². The zero-order chi connectivity index (χ0) is 21.9. The normalized spacial score (nSPS) is 15.1. The smallest absolute Gasteiger partial charge is 0.246 e. The van der Waals surface area contributed by atoms with Gasteiger partial charge in [0.2, 0.25) is 15.9 Å². The minimum atomic E-state index is -4.12. The van der Waals surface area contributed by atoms with Crippen molar-refractivity contribution >= 4 is 15.9 Å². The van der Waals surface area contributed by atoms with Crippen LogP contribution in [0, 0.1) is 11.6 Å². The number of ether oxygens (including phenoxy) is 2. The van der Waals surface area contributed by atoms with Crippen molar-refractivity contribution in [3.05, 3.63) is 53.6 Å². The molecule has 10 heteroatoms. The fourth-order valence-corrected chi connectivity index (χ4v) is 4.72. The van der Waals surface area contributed by atoms with Crippen LogP contribution in [-0.2, 0) is 21.2 Å². The van der Waals surface area contributed by atoms with Gasteiger partial charge in [-0.3, -0.25) is 4.79 Å². The van der Waals surface area contributed by atoms with E-state index < -0.39 is 20.7 Å². The highest BCUT2D eigenvalue weighted by Crippen LogP contribution is 2.33. The number of rotatable bonds is 6. The molecule has 2 aromatic rings. The third-order valence-corrected chi connectivity index (χ3v) is 6.83. The molecule has 1 heterocycles. The number of carbonyl (C=O) groups excluding carboxylic acids is 1. The zero-order valence-electron chi connectivity index (χ0n) is 16.6. The highest BCUT2D eigenvalue weighted by Gasteiger charge is 2.33. The first-order chi connectivity index (χ1) is 14.3. The van der Waals surface area contributed by atoms with E-state index in [1.165, 1.54) is 38.5 Å². The van der Waals surface area contributed by atoms with E-state index in [9.17, 15) is 22.0 Å². The summed E-state index contributed by atoms with van der Waals surface area (Å²) < 4.78 is 64.5. The van der Waals surface area contributed by atoms with Gasteiger partial charge in [-0.05, 0) is 17.7 Å². The van der Waals surface area contributed by atoms with Crippen molar-refractivity contribution in [2.45, 2.75) is 11.3 Å². The third-order valence-electron chi connectivity index (χ3n) is 4.92. The molecule has 0 radical (unpaired) electrons. The Bertz CT molecular complexity index is 1020. The van der Waals surface area contributed by atoms with E-state index in [1.54, 1.807) is 4.90 Å². The maximum atomic E-state index is 14.4. The number of carbonyl (C=O) groups is 1. The van der Waals surface area contributed by atoms with E-state index in [1.807, 2.05) is 0 Å². The first kappa shape index (κ1) is 22.0. The summed E-state index contributed by atoms with van der Waals surface area (Å²) >= 11 is 0. The Kier molecular flexibility index (Phi) is 6.57. The van der Waals surface area contributed by atoms with E-state index in [0.717, 1.165) is 16.4 Å². The topological polar surface area (TPSA) is 76.2 Å². The summed E-state index contributed by atoms with van der Waals surface area (Å²) in [5.41, 5.74) is 0.670. The van der Waals surface area contributed by atoms with Crippen LogP contribution < -0.4 is 9.47 Å². The molecule has 1 saturated heterocycles. The van der Waals surface area contributed by atoms with Gasteiger partial charge in [0.25, 0.3) is 0 Å². The van der Waals surface area contributed by atoms with Crippen molar-refractivity contribution in [1.29, 1.82) is 0 Å². The summed E-state index contributed by atoms with van der Waals surface area (Å²) in [6, 6.07) is 7.70. The molecule has 0 saturated carbocycles. The molecule has 2 aromatic carbocycles. The minimum Gasteiger partial charge on any atom is -0.493 e. The number of benzene rings is 2. The molecule has 1 aliphatic rings. The van der Waals surface area contributed by atoms with Gasteiger partial charge in [-0.25, -0.2) is 17.2 Å². The minimum absolute atomic E-state index is 0.0330. The molecule has 0 atom stereocenters. The second kappa shape index (κ2) is 8.97. The standard InChI is InChI=1S/C20H22F2N2O5S/c1-28-17-12-16(22)19(13-18(17)29-2)30(26,27)24-9-7-23(8-10-24)20(25)11-14-3-5-15(21)6-4-14/h3-6,12-13H,7-11H2,1-2H3. The van der Waals surface area contributed by atoms with Gasteiger partial charge in [0.1, 0.15) is 16.5 Å². The number of methoxy groups -OCH3 is 2. The van der Waals surface area contributed by atoms with Crippen LogP contribution in [0.1, 0.15) is 5.56 Å². The third kappa shape index (κ3) is 4.54. The second-order valence-electron chi connectivity index (χ2n) is 6.73. The molecule has 0 N–H and O–H groups in total. The highest BCUT2D eigenvalue weighted by molar-refractivity contribution is 7.89. The summed E-state index contributed by atoms with van der Waals surface area (Å²) in [4.78, 5) is 13.5. The van der Waals surface area contributed by atoms with Gasteiger partial charge in [0, 0.05) is 38.3 Å². The zero-order valence-corrected chi connectivity index (χ0v) is 17.4. The van der Waals surface area contributed by atoms with Crippen molar-refractivity contribution in [1.82, 2.24) is 9.21 Å². The first-order valence-corrected chi connectivity index (χ1v) is 10.6. The molecule has 0 aliphatic carbocycles. The number of amides is 1. The molecule has 3 rings (SSSR count). The van der Waals surface area contributed by atoms with Crippen LogP contribution in [0.2, 0.25) is 0 Å². The van der Waals surface area contributed by atoms with Crippen molar-refractivity contribution < 1.29 is 31.5 Å². The Morgan fingerprint density at radius 2 is 1.53 bits per heavy atom. The fourth-order valence-electron chi connectivity index (χ4n) is 3.24. The number of hydrogen-bond donors (Lipinski definition) is 0. The van der Waals surface area contributed by atoms with E-state index in [4.69, 9.17) is 9.47 Å². The molecule has 1 fully saturated rings. The predicted molar refractivity (Wildman–Crippen MR) is 105 cm³/mol. The maximum Gasteiger partial charge on any atom is 0.246 e. The maximum absolute atomic E-state index is 14.4. The fraction of sp³-hybridized carbons (Fsp3) is 0.350. The summed E-state index contributed by atoms with van der Waals surface area (Å²) in [5.74, 6) is -1.32. The number of halogens is 2. The monoisotopic (exact) mass is 440 g/mol. The molecule has 1 aliphatic heterocycles. The van der Waals surface area contributed by atoms with E-state index in [-0.39, 0.29) is 55.8 Å². The number of hydrogen-bond acceptors (Lipinski definition) is 5. The number of nitrogens with zero attached hydrogens (tertiary/aromatic N) is 2. The van der Waals surface area contributed by atoms with Gasteiger partial charge >= 0.3 is 0 Å². The van der Waals surface area contributed by atoms with Crippen LogP contribution in [-0.4, -0.2) is 63.9 Å². The van der Waals surface area contributed by atoms with Crippen molar-refractivity contribution in [2.24, 2.45) is 0 Å². The number of piperazine rings is 1. The molecule has 0 unspecified atom stereocenters. The predicted octanol–water partition coefficient (Wildman–Crippen LogP) is 2.06. The Balaban J connectivity index is 1.69. The second-order valence-corrected chi connectivity index (χ2v) is 8.63. The van der Waals surface area contributed by atoms with Gasteiger partial charge in [-0.1, -0.05) is 12.1 Å². The van der Waals surface area contributed by atoms with Crippen LogP contribution >= 0.6 is 0 Å². The van der Waals surface area contributed by atoms with E-state index in [2.05, 4.69) is 0 Å². The Morgan fingerprint density at radius 3 is 2.10 bits per heavy atom. The molecule has 0 spiro atoms. The lowest BCUT2D eigenvalue weighted by atomic mass is 10.1. The molecule has 0 aromatic heterocycles. The number of sulfonamides is 1. The first-order valence-electron chi connectivity index (χ1n) is 9.20. The Hall–Kier alpha value is -2.72. The van der Waals surface area contributed by atoms with Crippen molar-refractivity contribution in [3.63, 3.8) is 0 Å². The highest BCUT2D eigenvalue weighted by atomic mass is 32.2. The molecule has 30 heavy (non-hydrogen) atoms. The molecule has 0 bridgehead atoms. The SMILES string of the molecule is COc1cc(F)c(S(=O)(=O)N2CCN(C(=O)Cc3ccc(F)cc3)CC2)cc1OC. The lowest BCUT2D eigenvalue weighted by Crippen LogP contribution is -2.51. The molecule has 1 amide bonds. The summed E-state index contributed by atoms with van der Waals surface area (Å²) in [7, 11) is -1.46. The summed E-state index contributed by atoms with van der Waals surface area (Å²) in [6.45, 7) is 0.416. The summed E-state index contributed by atoms with van der Waals surface area (Å²) in [5, 5.41) is 0. The average molecular weight is 440 g/mol. The van der Waals surface area contributed by atoms with Crippen LogP contribution in [0.5, 0.6) is 11.5 Å². The molecular weight excluding hydrogens is 418 g/mol. The molecular formula is C20H22F2N2O5S. The lowest BCUT2D eigenvalue weighted by Gasteiger charge is -2.34. The molecule has 162 valence electrons. The van der Waals surface area contributed by atoms with Crippen molar-refractivity contribution in [3.8, 4) is 11.5 Å². The largest absolute Gasteiger partial charge is 0.493 e. The lowest BCUT2D eigenvalue weighted by molar-refractivity contribution is -0.131. The van der Waals surface area contributed by atoms with Crippen LogP contribution in [0.3, 0.4) is 0 Å². The molecule has 7 nitrogen and oxygen atoms in total. The van der Waals surface area contributed by atoms with Gasteiger partial charge in [0.05, 0.1) is 20.6 Å². The van der Waals surface area contributed by atoms with E-state index >= 15 is 0 Å². The van der Waals surface area contributed by atoms with E-state index in [0.29, 0.717) is 5.56 Å². The Morgan fingerprint density at radius 1 is 0.967 bits per heavy atom. The van der Waals surface area contributed by atoms with Crippen LogP contribution in [0.15, 0.2) is 41.3 Å². The van der Waals surface area contributed by atoms with Crippen molar-refractivity contribution in [2.75, 3.05) is 40.4 Å². The Labute approximate surface area is 173 Å². The van der Waals surface area contributed by atoms with Gasteiger partial charge in [-0.15, -0.1) is 0 Å². The summed E-state index contributed by atoms with van der Waals surface area (Å²) in [6.07, 6.45) is 0.0946. The van der Waals surface area contributed by atoms with Gasteiger partial charge < -0.3 is 14.4 Å². The van der Waals surface area contributed by atoms with Gasteiger partial charge in [0.15, 0.2) is 11.5 Å². The average Bonchev–Trinajstić information content (AvgIpc) is 2.75. The quantitative estimate of drug-likeness (QED) is 0.687. The van der Waals surface area contributed by atoms with Gasteiger partial charge in [-0.2, -0.15) is 4.31 Å². The van der Waals surface area contributed by atoms with Crippen LogP contribution in [0.25, 0.3) is 0 Å².